The molecule has 5 aromatic heterocycles. The van der Waals surface area contributed by atoms with Crippen LogP contribution in [-0.2, 0) is 6.54 Å². The number of aromatic amines is 2. The van der Waals surface area contributed by atoms with Gasteiger partial charge in [0.25, 0.3) is 5.92 Å². The smallest absolute Gasteiger partial charge is 0.261 e. The summed E-state index contributed by atoms with van der Waals surface area (Å²) in [5.74, 6) is -2.45. The normalized spacial score (nSPS) is 15.5. The van der Waals surface area contributed by atoms with Gasteiger partial charge in [0, 0.05) is 49.2 Å². The molecule has 0 amide bonds. The number of likely N-dealkylation sites (tertiary alicyclic amines) is 1. The highest BCUT2D eigenvalue weighted by atomic mass is 19.3. The maximum atomic E-state index is 13.6. The molecule has 6 heterocycles. The molecule has 39 heavy (non-hydrogen) atoms. The van der Waals surface area contributed by atoms with Crippen LogP contribution in [0.15, 0.2) is 67.1 Å². The van der Waals surface area contributed by atoms with Crippen molar-refractivity contribution in [3.8, 4) is 34.0 Å². The molecule has 6 aromatic rings. The van der Waals surface area contributed by atoms with E-state index in [0.717, 1.165) is 27.7 Å². The summed E-state index contributed by atoms with van der Waals surface area (Å²) in [5, 5.41) is 7.47. The van der Waals surface area contributed by atoms with Crippen LogP contribution in [0.3, 0.4) is 0 Å². The lowest BCUT2D eigenvalue weighted by atomic mass is 10.1. The first-order valence-electron chi connectivity index (χ1n) is 12.4. The molecule has 1 aromatic carbocycles. The average Bonchev–Trinajstić information content (AvgIpc) is 3.64. The molecule has 8 nitrogen and oxygen atoms in total. The molecule has 0 saturated carbocycles. The third kappa shape index (κ3) is 4.40. The molecule has 0 radical (unpaired) electrons. The van der Waals surface area contributed by atoms with Crippen molar-refractivity contribution >= 4 is 22.1 Å². The van der Waals surface area contributed by atoms with Crippen LogP contribution in [0.25, 0.3) is 56.1 Å². The number of rotatable bonds is 5. The molecule has 1 saturated heterocycles. The maximum absolute atomic E-state index is 13.6. The minimum Gasteiger partial charge on any atom is -0.336 e. The van der Waals surface area contributed by atoms with Crippen molar-refractivity contribution in [1.82, 2.24) is 40.0 Å². The van der Waals surface area contributed by atoms with Crippen LogP contribution >= 0.6 is 0 Å². The Bertz CT molecular complexity index is 1830. The van der Waals surface area contributed by atoms with E-state index < -0.39 is 5.92 Å². The molecule has 0 unspecified atom stereocenters. The van der Waals surface area contributed by atoms with Crippen molar-refractivity contribution in [3.05, 3.63) is 78.5 Å². The lowest BCUT2D eigenvalue weighted by molar-refractivity contribution is 0.0115. The van der Waals surface area contributed by atoms with E-state index in [2.05, 4.69) is 25.1 Å². The van der Waals surface area contributed by atoms with Crippen LogP contribution in [0.2, 0.25) is 0 Å². The Hall–Kier alpha value is -4.64. The van der Waals surface area contributed by atoms with E-state index in [1.54, 1.807) is 35.6 Å². The molecule has 7 rings (SSSR count). The number of fused-ring (bicyclic) bond motifs is 2. The topological polar surface area (TPSA) is 99.3 Å². The Kier molecular flexibility index (Phi) is 5.41. The van der Waals surface area contributed by atoms with Crippen molar-refractivity contribution in [3.63, 3.8) is 0 Å². The van der Waals surface area contributed by atoms with E-state index in [4.69, 9.17) is 9.97 Å². The standard InChI is InChI=1S/C28H21F3N8/c29-19-3-1-17(2-4-19)23-24-21(7-9-33-23)35-27(36-24)26-25-22(37-38-26)6-5-20(34-25)18-11-16(12-32-13-18)14-39-10-8-28(30,31)15-39/h1-7,9,11-13H,8,10,14-15H2,(H,35,36)(H,37,38). The Balaban J connectivity index is 1.24. The fourth-order valence-corrected chi connectivity index (χ4v) is 5.01. The predicted molar refractivity (Wildman–Crippen MR) is 140 cm³/mol. The molecule has 194 valence electrons. The number of halogens is 3. The summed E-state index contributed by atoms with van der Waals surface area (Å²) in [6.07, 6.45) is 4.96. The summed E-state index contributed by atoms with van der Waals surface area (Å²) in [5.41, 5.74) is 6.96. The van der Waals surface area contributed by atoms with E-state index in [-0.39, 0.29) is 18.8 Å². The fraction of sp³-hybridized carbons (Fsp3) is 0.179. The summed E-state index contributed by atoms with van der Waals surface area (Å²) in [4.78, 5) is 23.5. The Morgan fingerprint density at radius 3 is 2.56 bits per heavy atom. The zero-order valence-corrected chi connectivity index (χ0v) is 20.5. The Labute approximate surface area is 220 Å². The number of hydrogen-bond acceptors (Lipinski definition) is 6. The second kappa shape index (κ2) is 8.98. The second-order valence-electron chi connectivity index (χ2n) is 9.71. The van der Waals surface area contributed by atoms with Gasteiger partial charge in [0.1, 0.15) is 16.9 Å². The maximum Gasteiger partial charge on any atom is 0.261 e. The zero-order chi connectivity index (χ0) is 26.6. The minimum absolute atomic E-state index is 0.120. The predicted octanol–water partition coefficient (Wildman–Crippen LogP) is 5.61. The van der Waals surface area contributed by atoms with Gasteiger partial charge in [0.2, 0.25) is 0 Å². The van der Waals surface area contributed by atoms with Crippen molar-refractivity contribution < 1.29 is 13.2 Å². The molecule has 2 N–H and O–H groups in total. The molecular formula is C28H21F3N8. The van der Waals surface area contributed by atoms with Crippen molar-refractivity contribution in [2.75, 3.05) is 13.1 Å². The lowest BCUT2D eigenvalue weighted by Gasteiger charge is -2.15. The number of alkyl halides is 2. The van der Waals surface area contributed by atoms with Crippen LogP contribution in [-0.4, -0.2) is 59.0 Å². The van der Waals surface area contributed by atoms with E-state index >= 15 is 0 Å². The SMILES string of the molecule is Fc1ccc(-c2nccc3[nH]c(-c4n[nH]c5ccc(-c6cncc(CN7CCC(F)(F)C7)c6)nc45)nc23)cc1. The van der Waals surface area contributed by atoms with Crippen molar-refractivity contribution in [2.45, 2.75) is 18.9 Å². The van der Waals surface area contributed by atoms with Crippen LogP contribution in [0.5, 0.6) is 0 Å². The fourth-order valence-electron chi connectivity index (χ4n) is 5.01. The van der Waals surface area contributed by atoms with Gasteiger partial charge in [-0.2, -0.15) is 5.10 Å². The van der Waals surface area contributed by atoms with Crippen LogP contribution in [0.4, 0.5) is 13.2 Å². The third-order valence-corrected chi connectivity index (χ3v) is 6.90. The molecule has 1 aliphatic rings. The highest BCUT2D eigenvalue weighted by Crippen LogP contribution is 2.32. The molecule has 11 heteroatoms. The van der Waals surface area contributed by atoms with Gasteiger partial charge in [-0.25, -0.2) is 23.1 Å². The third-order valence-electron chi connectivity index (χ3n) is 6.90. The minimum atomic E-state index is -2.64. The zero-order valence-electron chi connectivity index (χ0n) is 20.5. The first-order valence-corrected chi connectivity index (χ1v) is 12.4. The van der Waals surface area contributed by atoms with Gasteiger partial charge in [-0.15, -0.1) is 0 Å². The van der Waals surface area contributed by atoms with Gasteiger partial charge < -0.3 is 4.98 Å². The molecule has 1 aliphatic heterocycles. The summed E-state index contributed by atoms with van der Waals surface area (Å²) in [7, 11) is 0. The summed E-state index contributed by atoms with van der Waals surface area (Å²) < 4.78 is 40.7. The molecule has 0 bridgehead atoms. The van der Waals surface area contributed by atoms with Gasteiger partial charge in [-0.3, -0.25) is 20.0 Å². The van der Waals surface area contributed by atoms with Crippen LogP contribution < -0.4 is 0 Å². The van der Waals surface area contributed by atoms with Crippen LogP contribution in [0.1, 0.15) is 12.0 Å². The number of aromatic nitrogens is 7. The van der Waals surface area contributed by atoms with Crippen molar-refractivity contribution in [1.29, 1.82) is 0 Å². The van der Waals surface area contributed by atoms with Gasteiger partial charge in [-0.05, 0) is 54.1 Å². The Morgan fingerprint density at radius 1 is 0.897 bits per heavy atom. The largest absolute Gasteiger partial charge is 0.336 e. The number of pyridine rings is 3. The highest BCUT2D eigenvalue weighted by molar-refractivity contribution is 5.95. The highest BCUT2D eigenvalue weighted by Gasteiger charge is 2.37. The molecule has 0 aliphatic carbocycles. The number of nitrogens with one attached hydrogen (secondary N) is 2. The number of H-pyrrole nitrogens is 2. The van der Waals surface area contributed by atoms with E-state index in [1.165, 1.54) is 12.1 Å². The van der Waals surface area contributed by atoms with Gasteiger partial charge in [-0.1, -0.05) is 0 Å². The first kappa shape index (κ1) is 23.5. The summed E-state index contributed by atoms with van der Waals surface area (Å²) in [6, 6.07) is 13.6. The Morgan fingerprint density at radius 2 is 1.74 bits per heavy atom. The van der Waals surface area contributed by atoms with Crippen molar-refractivity contribution in [2.24, 2.45) is 0 Å². The van der Waals surface area contributed by atoms with Gasteiger partial charge in [0.05, 0.1) is 29.0 Å². The quantitative estimate of drug-likeness (QED) is 0.303. The number of imidazole rings is 1. The number of benzene rings is 1. The average molecular weight is 527 g/mol. The van der Waals surface area contributed by atoms with E-state index in [0.29, 0.717) is 47.0 Å². The molecular weight excluding hydrogens is 505 g/mol. The molecule has 1 fully saturated rings. The number of hydrogen-bond donors (Lipinski definition) is 2. The molecule has 0 atom stereocenters. The monoisotopic (exact) mass is 526 g/mol. The van der Waals surface area contributed by atoms with E-state index in [1.807, 2.05) is 24.3 Å². The number of nitrogens with zero attached hydrogens (tertiary/aromatic N) is 6. The first-order chi connectivity index (χ1) is 18.9. The van der Waals surface area contributed by atoms with Gasteiger partial charge in [0.15, 0.2) is 11.5 Å². The lowest BCUT2D eigenvalue weighted by Crippen LogP contribution is -2.24. The summed E-state index contributed by atoms with van der Waals surface area (Å²) in [6.45, 7) is 0.518. The second-order valence-corrected chi connectivity index (χ2v) is 9.71. The van der Waals surface area contributed by atoms with E-state index in [9.17, 15) is 13.2 Å². The van der Waals surface area contributed by atoms with Crippen LogP contribution in [0, 0.1) is 5.82 Å². The van der Waals surface area contributed by atoms with Gasteiger partial charge >= 0.3 is 0 Å². The summed E-state index contributed by atoms with van der Waals surface area (Å²) >= 11 is 0. The molecule has 0 spiro atoms.